The first-order valence-corrected chi connectivity index (χ1v) is 8.35. The highest BCUT2D eigenvalue weighted by molar-refractivity contribution is 9.10. The van der Waals surface area contributed by atoms with E-state index < -0.39 is 0 Å². The van der Waals surface area contributed by atoms with E-state index in [1.807, 2.05) is 17.0 Å². The van der Waals surface area contributed by atoms with Crippen LogP contribution in [-0.4, -0.2) is 31.9 Å². The normalized spacial score (nSPS) is 14.1. The molecular formula is C16H12BrClN4O. The minimum atomic E-state index is -0.0859. The van der Waals surface area contributed by atoms with Crippen molar-refractivity contribution in [1.82, 2.24) is 19.5 Å². The summed E-state index contributed by atoms with van der Waals surface area (Å²) in [6.07, 6.45) is 4.02. The lowest BCUT2D eigenvalue weighted by Gasteiger charge is -2.28. The van der Waals surface area contributed by atoms with E-state index in [1.54, 1.807) is 18.5 Å². The lowest BCUT2D eigenvalue weighted by Crippen LogP contribution is -2.36. The van der Waals surface area contributed by atoms with Gasteiger partial charge in [0, 0.05) is 29.8 Å². The van der Waals surface area contributed by atoms with E-state index in [1.165, 1.54) is 15.6 Å². The number of hydrogen-bond donors (Lipinski definition) is 0. The van der Waals surface area contributed by atoms with Gasteiger partial charge < -0.3 is 4.90 Å². The molecule has 0 N–H and O–H groups in total. The molecule has 4 rings (SSSR count). The first-order valence-electron chi connectivity index (χ1n) is 7.18. The SMILES string of the molecule is O=C(c1cc2ncc(Cl)cn2n1)N1CCc2c(Br)cccc2C1. The second-order valence-electron chi connectivity index (χ2n) is 5.46. The molecule has 0 saturated heterocycles. The Kier molecular flexibility index (Phi) is 3.58. The van der Waals surface area contributed by atoms with E-state index in [9.17, 15) is 4.79 Å². The smallest absolute Gasteiger partial charge is 0.274 e. The average Bonchev–Trinajstić information content (AvgIpc) is 2.97. The molecule has 0 saturated carbocycles. The standard InChI is InChI=1S/C16H12BrClN4O/c17-13-3-1-2-10-8-21(5-4-12(10)13)16(23)14-6-15-19-7-11(18)9-22(15)20-14/h1-3,6-7,9H,4-5,8H2. The summed E-state index contributed by atoms with van der Waals surface area (Å²) in [5, 5.41) is 4.77. The van der Waals surface area contributed by atoms with Gasteiger partial charge in [0.15, 0.2) is 11.3 Å². The van der Waals surface area contributed by atoms with Gasteiger partial charge in [-0.3, -0.25) is 4.79 Å². The first kappa shape index (κ1) is 14.7. The van der Waals surface area contributed by atoms with Crippen LogP contribution in [0.15, 0.2) is 41.1 Å². The molecule has 2 aromatic heterocycles. The van der Waals surface area contributed by atoms with Crippen molar-refractivity contribution in [3.63, 3.8) is 0 Å². The van der Waals surface area contributed by atoms with Gasteiger partial charge in [0.05, 0.1) is 11.2 Å². The maximum absolute atomic E-state index is 12.7. The summed E-state index contributed by atoms with van der Waals surface area (Å²) in [5.74, 6) is -0.0859. The van der Waals surface area contributed by atoms with Crippen LogP contribution in [0.3, 0.4) is 0 Å². The fraction of sp³-hybridized carbons (Fsp3) is 0.188. The molecule has 0 unspecified atom stereocenters. The van der Waals surface area contributed by atoms with Crippen LogP contribution in [0.2, 0.25) is 5.02 Å². The van der Waals surface area contributed by atoms with Crippen molar-refractivity contribution in [3.05, 3.63) is 63.0 Å². The largest absolute Gasteiger partial charge is 0.333 e. The third-order valence-electron chi connectivity index (χ3n) is 4.00. The molecule has 0 radical (unpaired) electrons. The minimum Gasteiger partial charge on any atom is -0.333 e. The molecule has 5 nitrogen and oxygen atoms in total. The number of halogens is 2. The molecule has 1 aliphatic heterocycles. The summed E-state index contributed by atoms with van der Waals surface area (Å²) < 4.78 is 2.64. The van der Waals surface area contributed by atoms with Gasteiger partial charge >= 0.3 is 0 Å². The van der Waals surface area contributed by atoms with E-state index >= 15 is 0 Å². The summed E-state index contributed by atoms with van der Waals surface area (Å²) in [5.41, 5.74) is 3.44. The highest BCUT2D eigenvalue weighted by Gasteiger charge is 2.24. The van der Waals surface area contributed by atoms with Crippen LogP contribution in [0, 0.1) is 0 Å². The maximum Gasteiger partial charge on any atom is 0.274 e. The third kappa shape index (κ3) is 2.62. The van der Waals surface area contributed by atoms with E-state index in [0.717, 1.165) is 10.9 Å². The van der Waals surface area contributed by atoms with Gasteiger partial charge in [-0.25, -0.2) is 9.50 Å². The van der Waals surface area contributed by atoms with Crippen molar-refractivity contribution in [2.24, 2.45) is 0 Å². The highest BCUT2D eigenvalue weighted by Crippen LogP contribution is 2.27. The first-order chi connectivity index (χ1) is 11.1. The summed E-state index contributed by atoms with van der Waals surface area (Å²) in [7, 11) is 0. The van der Waals surface area contributed by atoms with Crippen molar-refractivity contribution in [2.45, 2.75) is 13.0 Å². The molecule has 116 valence electrons. The molecule has 23 heavy (non-hydrogen) atoms. The number of nitrogens with zero attached hydrogens (tertiary/aromatic N) is 4. The molecule has 3 heterocycles. The monoisotopic (exact) mass is 390 g/mol. The molecule has 0 aliphatic carbocycles. The van der Waals surface area contributed by atoms with Crippen molar-refractivity contribution >= 4 is 39.1 Å². The maximum atomic E-state index is 12.7. The van der Waals surface area contributed by atoms with Gasteiger partial charge in [-0.15, -0.1) is 0 Å². The van der Waals surface area contributed by atoms with Gasteiger partial charge in [-0.2, -0.15) is 5.10 Å². The predicted octanol–water partition coefficient (Wildman–Crippen LogP) is 3.34. The Hall–Kier alpha value is -1.92. The summed E-state index contributed by atoms with van der Waals surface area (Å²) >= 11 is 9.48. The molecule has 3 aromatic rings. The fourth-order valence-electron chi connectivity index (χ4n) is 2.86. The van der Waals surface area contributed by atoms with Gasteiger partial charge in [-0.05, 0) is 23.6 Å². The lowest BCUT2D eigenvalue weighted by atomic mass is 10.00. The van der Waals surface area contributed by atoms with Crippen LogP contribution >= 0.6 is 27.5 Å². The van der Waals surface area contributed by atoms with Crippen LogP contribution in [0.25, 0.3) is 5.65 Å². The zero-order valence-corrected chi connectivity index (χ0v) is 14.4. The number of carbonyl (C=O) groups excluding carboxylic acids is 1. The molecule has 1 aliphatic rings. The van der Waals surface area contributed by atoms with E-state index in [2.05, 4.69) is 32.1 Å². The second kappa shape index (κ2) is 5.62. The Balaban J connectivity index is 1.64. The molecule has 0 atom stereocenters. The van der Waals surface area contributed by atoms with Crippen LogP contribution in [0.4, 0.5) is 0 Å². The van der Waals surface area contributed by atoms with Gasteiger partial charge in [0.25, 0.3) is 5.91 Å². The van der Waals surface area contributed by atoms with Crippen LogP contribution in [-0.2, 0) is 13.0 Å². The molecule has 1 amide bonds. The number of fused-ring (bicyclic) bond motifs is 2. The third-order valence-corrected chi connectivity index (χ3v) is 4.94. The number of hydrogen-bond acceptors (Lipinski definition) is 3. The topological polar surface area (TPSA) is 50.5 Å². The Bertz CT molecular complexity index is 924. The molecule has 7 heteroatoms. The fourth-order valence-corrected chi connectivity index (χ4v) is 3.60. The Morgan fingerprint density at radius 1 is 1.35 bits per heavy atom. The molecule has 0 bridgehead atoms. The van der Waals surface area contributed by atoms with E-state index in [4.69, 9.17) is 11.6 Å². The Morgan fingerprint density at radius 2 is 2.22 bits per heavy atom. The zero-order chi connectivity index (χ0) is 16.0. The lowest BCUT2D eigenvalue weighted by molar-refractivity contribution is 0.0728. The van der Waals surface area contributed by atoms with Gasteiger partial charge in [0.2, 0.25) is 0 Å². The zero-order valence-electron chi connectivity index (χ0n) is 12.0. The van der Waals surface area contributed by atoms with Crippen LogP contribution < -0.4 is 0 Å². The van der Waals surface area contributed by atoms with Crippen LogP contribution in [0.5, 0.6) is 0 Å². The van der Waals surface area contributed by atoms with E-state index in [0.29, 0.717) is 29.5 Å². The average molecular weight is 392 g/mol. The summed E-state index contributed by atoms with van der Waals surface area (Å²) in [6.45, 7) is 1.27. The van der Waals surface area contributed by atoms with Gasteiger partial charge in [0.1, 0.15) is 0 Å². The number of benzene rings is 1. The second-order valence-corrected chi connectivity index (χ2v) is 6.75. The van der Waals surface area contributed by atoms with Gasteiger partial charge in [-0.1, -0.05) is 39.7 Å². The predicted molar refractivity (Wildman–Crippen MR) is 90.6 cm³/mol. The summed E-state index contributed by atoms with van der Waals surface area (Å²) in [4.78, 5) is 18.7. The number of amides is 1. The Labute approximate surface area is 146 Å². The van der Waals surface area contributed by atoms with Crippen molar-refractivity contribution < 1.29 is 4.79 Å². The van der Waals surface area contributed by atoms with Crippen molar-refractivity contribution in [3.8, 4) is 0 Å². The van der Waals surface area contributed by atoms with Crippen molar-refractivity contribution in [1.29, 1.82) is 0 Å². The molecular weight excluding hydrogens is 380 g/mol. The summed E-state index contributed by atoms with van der Waals surface area (Å²) in [6, 6.07) is 7.78. The van der Waals surface area contributed by atoms with E-state index in [-0.39, 0.29) is 5.91 Å². The van der Waals surface area contributed by atoms with Crippen molar-refractivity contribution in [2.75, 3.05) is 6.54 Å². The number of carbonyl (C=O) groups is 1. The Morgan fingerprint density at radius 3 is 3.09 bits per heavy atom. The number of aromatic nitrogens is 3. The highest BCUT2D eigenvalue weighted by atomic mass is 79.9. The quantitative estimate of drug-likeness (QED) is 0.639. The molecule has 0 fully saturated rings. The minimum absolute atomic E-state index is 0.0859. The molecule has 0 spiro atoms. The van der Waals surface area contributed by atoms with Crippen LogP contribution in [0.1, 0.15) is 21.6 Å². The molecule has 1 aromatic carbocycles. The number of rotatable bonds is 1.